The molecule has 0 aliphatic carbocycles. The molecule has 0 N–H and O–H groups in total. The summed E-state index contributed by atoms with van der Waals surface area (Å²) in [5.41, 5.74) is 0. The van der Waals surface area contributed by atoms with E-state index in [1.54, 1.807) is 0 Å². The molecule has 0 nitrogen and oxygen atoms in total. The quantitative estimate of drug-likeness (QED) is 0.339. The Morgan fingerprint density at radius 2 is 2.12 bits per heavy atom. The first-order valence-electron chi connectivity index (χ1n) is 6.91. The van der Waals surface area contributed by atoms with Gasteiger partial charge in [-0.25, -0.2) is 0 Å². The molecule has 0 bridgehead atoms. The van der Waals surface area contributed by atoms with Crippen LogP contribution in [0.5, 0.6) is 0 Å². The van der Waals surface area contributed by atoms with Crippen LogP contribution in [0, 0.1) is 5.92 Å². The van der Waals surface area contributed by atoms with Crippen LogP contribution >= 0.6 is 30.7 Å². The molecule has 0 aromatic rings. The van der Waals surface area contributed by atoms with Gasteiger partial charge < -0.3 is 0 Å². The van der Waals surface area contributed by atoms with Crippen LogP contribution < -0.4 is 0 Å². The average molecular weight is 385 g/mol. The summed E-state index contributed by atoms with van der Waals surface area (Å²) in [5, 5.41) is 3.20. The average Bonchev–Trinajstić information content (AvgIpc) is 2.61. The summed E-state index contributed by atoms with van der Waals surface area (Å²) in [7, 11) is 0.332. The summed E-state index contributed by atoms with van der Waals surface area (Å²) >= 11 is 7.46. The second kappa shape index (κ2) is 9.03. The van der Waals surface area contributed by atoms with Crippen molar-refractivity contribution in [3.63, 3.8) is 0 Å². The molecule has 0 radical (unpaired) electrons. The van der Waals surface area contributed by atoms with E-state index in [0.29, 0.717) is 9.33 Å². The number of hydrogen-bond donors (Lipinski definition) is 0. The molecule has 0 saturated carbocycles. The predicted molar refractivity (Wildman–Crippen MR) is 88.9 cm³/mol. The maximum Gasteiger partial charge on any atom is 0.238 e. The Labute approximate surface area is 126 Å². The first-order valence-corrected chi connectivity index (χ1v) is 10.9. The Bertz CT molecular complexity index is 240. The lowest BCUT2D eigenvalue weighted by molar-refractivity contribution is 0.409. The molecule has 1 aliphatic rings. The van der Waals surface area contributed by atoms with Crippen LogP contribution in [0.25, 0.3) is 0 Å². The van der Waals surface area contributed by atoms with Crippen LogP contribution in [0.3, 0.4) is 0 Å². The van der Waals surface area contributed by atoms with Crippen molar-refractivity contribution in [1.29, 1.82) is 0 Å². The lowest BCUT2D eigenvalue weighted by Gasteiger charge is -2.16. The number of allylic oxidation sites excluding steroid dienone is 1. The minimum absolute atomic E-state index is 0.332. The summed E-state index contributed by atoms with van der Waals surface area (Å²) in [6.07, 6.45) is 11.1. The van der Waals surface area contributed by atoms with Crippen LogP contribution in [0.15, 0.2) is 9.89 Å². The molecule has 100 valence electrons. The van der Waals surface area contributed by atoms with Gasteiger partial charge in [0.15, 0.2) is 0 Å². The summed E-state index contributed by atoms with van der Waals surface area (Å²) in [6, 6.07) is 0. The minimum Gasteiger partial charge on any atom is -0.0654 e. The van der Waals surface area contributed by atoms with Gasteiger partial charge in [0, 0.05) is 10.9 Å². The molecule has 0 aromatic carbocycles. The van der Waals surface area contributed by atoms with Crippen molar-refractivity contribution in [1.82, 2.24) is 0 Å². The van der Waals surface area contributed by atoms with Gasteiger partial charge in [-0.1, -0.05) is 68.3 Å². The highest BCUT2D eigenvalue weighted by molar-refractivity contribution is 9.49. The Morgan fingerprint density at radius 1 is 1.35 bits per heavy atom. The fraction of sp³-hybridized carbons (Fsp3) is 0.857. The van der Waals surface area contributed by atoms with Gasteiger partial charge in [-0.05, 0) is 12.3 Å². The summed E-state index contributed by atoms with van der Waals surface area (Å²) < 4.78 is 1.41. The molecule has 3 atom stereocenters. The standard InChI is InChI=1S/C14H25Br2S/c1-3-5-6-7-8-12(4-2)9-14-10-13(15)11-17(14)16/h11-12,14H,3-10H2,1-2H3/q+1. The molecule has 0 fully saturated rings. The van der Waals surface area contributed by atoms with Gasteiger partial charge in [0.25, 0.3) is 0 Å². The normalized spacial score (nSPS) is 26.0. The monoisotopic (exact) mass is 383 g/mol. The zero-order chi connectivity index (χ0) is 12.7. The highest BCUT2D eigenvalue weighted by Crippen LogP contribution is 2.38. The van der Waals surface area contributed by atoms with Crippen LogP contribution in [0.1, 0.15) is 65.2 Å². The lowest BCUT2D eigenvalue weighted by Crippen LogP contribution is -2.15. The topological polar surface area (TPSA) is 0 Å². The molecular weight excluding hydrogens is 360 g/mol. The molecule has 3 heteroatoms. The van der Waals surface area contributed by atoms with Crippen LogP contribution in [0.4, 0.5) is 0 Å². The first kappa shape index (κ1) is 16.1. The van der Waals surface area contributed by atoms with Crippen LogP contribution in [-0.2, 0) is 9.33 Å². The Balaban J connectivity index is 2.23. The number of rotatable bonds is 8. The second-order valence-electron chi connectivity index (χ2n) is 5.06. The summed E-state index contributed by atoms with van der Waals surface area (Å²) in [5.74, 6) is 0.941. The maximum atomic E-state index is 3.82. The van der Waals surface area contributed by atoms with E-state index >= 15 is 0 Å². The molecule has 1 heterocycles. The number of hydrogen-bond acceptors (Lipinski definition) is 0. The summed E-state index contributed by atoms with van der Waals surface area (Å²) in [4.78, 5) is 0. The first-order chi connectivity index (χ1) is 8.17. The predicted octanol–water partition coefficient (Wildman–Crippen LogP) is 6.31. The maximum absolute atomic E-state index is 3.82. The Morgan fingerprint density at radius 3 is 2.65 bits per heavy atom. The van der Waals surface area contributed by atoms with E-state index in [4.69, 9.17) is 0 Å². The van der Waals surface area contributed by atoms with Gasteiger partial charge in [-0.3, -0.25) is 0 Å². The Kier molecular flexibility index (Phi) is 8.56. The lowest BCUT2D eigenvalue weighted by atomic mass is 9.93. The van der Waals surface area contributed by atoms with Crippen molar-refractivity contribution in [2.75, 3.05) is 0 Å². The Hall–Kier alpha value is 1.05. The van der Waals surface area contributed by atoms with Gasteiger partial charge in [0.05, 0.1) is 9.33 Å². The van der Waals surface area contributed by atoms with Crippen molar-refractivity contribution in [3.8, 4) is 0 Å². The van der Waals surface area contributed by atoms with E-state index in [0.717, 1.165) is 11.2 Å². The molecule has 0 spiro atoms. The van der Waals surface area contributed by atoms with Gasteiger partial charge in [0.2, 0.25) is 14.8 Å². The molecule has 0 amide bonds. The van der Waals surface area contributed by atoms with E-state index in [1.807, 2.05) is 0 Å². The van der Waals surface area contributed by atoms with Crippen molar-refractivity contribution in [3.05, 3.63) is 9.89 Å². The highest BCUT2D eigenvalue weighted by Gasteiger charge is 2.35. The zero-order valence-corrected chi connectivity index (χ0v) is 15.0. The molecule has 17 heavy (non-hydrogen) atoms. The minimum atomic E-state index is 0.332. The van der Waals surface area contributed by atoms with Crippen molar-refractivity contribution < 1.29 is 0 Å². The molecule has 0 saturated heterocycles. The number of unbranched alkanes of at least 4 members (excludes halogenated alkanes) is 3. The van der Waals surface area contributed by atoms with Gasteiger partial charge in [-0.2, -0.15) is 0 Å². The van der Waals surface area contributed by atoms with E-state index in [9.17, 15) is 0 Å². The molecule has 0 aromatic heterocycles. The fourth-order valence-corrected chi connectivity index (χ4v) is 7.28. The van der Waals surface area contributed by atoms with E-state index in [2.05, 4.69) is 50.0 Å². The summed E-state index contributed by atoms with van der Waals surface area (Å²) in [6.45, 7) is 4.64. The van der Waals surface area contributed by atoms with E-state index in [-0.39, 0.29) is 0 Å². The molecule has 3 unspecified atom stereocenters. The van der Waals surface area contributed by atoms with Gasteiger partial charge in [0.1, 0.15) is 10.7 Å². The van der Waals surface area contributed by atoms with Crippen molar-refractivity contribution >= 4 is 40.1 Å². The second-order valence-corrected chi connectivity index (χ2v) is 9.86. The van der Waals surface area contributed by atoms with Crippen molar-refractivity contribution in [2.45, 2.75) is 70.5 Å². The molecule has 1 aliphatic heterocycles. The molecular formula is C14H25Br2S+. The smallest absolute Gasteiger partial charge is 0.0654 e. The highest BCUT2D eigenvalue weighted by atomic mass is 79.9. The third-order valence-electron chi connectivity index (χ3n) is 3.62. The fourth-order valence-electron chi connectivity index (χ4n) is 2.46. The van der Waals surface area contributed by atoms with Crippen LogP contribution in [0.2, 0.25) is 0 Å². The van der Waals surface area contributed by atoms with Gasteiger partial charge in [-0.15, -0.1) is 0 Å². The third-order valence-corrected chi connectivity index (χ3v) is 8.13. The zero-order valence-electron chi connectivity index (χ0n) is 11.1. The molecule has 1 rings (SSSR count). The van der Waals surface area contributed by atoms with Gasteiger partial charge >= 0.3 is 0 Å². The van der Waals surface area contributed by atoms with Crippen molar-refractivity contribution in [2.24, 2.45) is 5.92 Å². The number of halogens is 2. The third kappa shape index (κ3) is 6.15. The van der Waals surface area contributed by atoms with E-state index in [1.165, 1.54) is 55.8 Å². The SMILES string of the molecule is CCCCCCC(CC)CC1CC(Br)=C[S+]1Br. The van der Waals surface area contributed by atoms with E-state index < -0.39 is 0 Å². The largest absolute Gasteiger partial charge is 0.238 e. The van der Waals surface area contributed by atoms with Crippen LogP contribution in [-0.4, -0.2) is 5.25 Å².